The summed E-state index contributed by atoms with van der Waals surface area (Å²) in [6, 6.07) is 5.32. The first kappa shape index (κ1) is 10.2. The second-order valence-electron chi connectivity index (χ2n) is 3.26. The van der Waals surface area contributed by atoms with Gasteiger partial charge in [-0.1, -0.05) is 12.1 Å². The minimum Gasteiger partial charge on any atom is -0.475 e. The van der Waals surface area contributed by atoms with Crippen LogP contribution < -0.4 is 5.73 Å². The Morgan fingerprint density at radius 2 is 2.25 bits per heavy atom. The average molecular weight is 219 g/mol. The van der Waals surface area contributed by atoms with Crippen LogP contribution in [0.1, 0.15) is 16.2 Å². The van der Waals surface area contributed by atoms with Gasteiger partial charge in [-0.15, -0.1) is 0 Å². The van der Waals surface area contributed by atoms with E-state index in [2.05, 4.69) is 10.1 Å². The predicted molar refractivity (Wildman–Crippen MR) is 55.8 cm³/mol. The maximum Gasteiger partial charge on any atom is 0.377 e. The number of anilines is 1. The lowest BCUT2D eigenvalue weighted by Gasteiger charge is -2.02. The number of hydrogen-bond acceptors (Lipinski definition) is 5. The van der Waals surface area contributed by atoms with E-state index in [0.717, 1.165) is 5.56 Å². The van der Waals surface area contributed by atoms with Gasteiger partial charge in [0.2, 0.25) is 0 Å². The number of nitrogen functional groups attached to an aromatic ring is 1. The Hall–Kier alpha value is -2.37. The number of carboxylic acid groups (broad SMARTS) is 1. The molecule has 0 unspecified atom stereocenters. The largest absolute Gasteiger partial charge is 0.475 e. The summed E-state index contributed by atoms with van der Waals surface area (Å²) in [6.07, 6.45) is 0. The molecule has 82 valence electrons. The van der Waals surface area contributed by atoms with Crippen molar-refractivity contribution < 1.29 is 14.4 Å². The van der Waals surface area contributed by atoms with Gasteiger partial charge in [0.1, 0.15) is 0 Å². The van der Waals surface area contributed by atoms with Gasteiger partial charge in [0.05, 0.1) is 5.56 Å². The second-order valence-corrected chi connectivity index (χ2v) is 3.26. The van der Waals surface area contributed by atoms with E-state index in [1.807, 2.05) is 13.0 Å². The SMILES string of the molecule is Cc1cccc(-c2nc(C(=O)O)no2)c1N. The minimum atomic E-state index is -1.23. The Morgan fingerprint density at radius 1 is 1.50 bits per heavy atom. The van der Waals surface area contributed by atoms with Crippen molar-refractivity contribution in [3.8, 4) is 11.5 Å². The summed E-state index contributed by atoms with van der Waals surface area (Å²) >= 11 is 0. The third kappa shape index (κ3) is 1.60. The molecule has 16 heavy (non-hydrogen) atoms. The molecule has 1 heterocycles. The molecule has 0 aliphatic heterocycles. The molecule has 0 spiro atoms. The Morgan fingerprint density at radius 3 is 2.88 bits per heavy atom. The van der Waals surface area contributed by atoms with Gasteiger partial charge in [-0.25, -0.2) is 4.79 Å². The molecule has 0 aliphatic carbocycles. The van der Waals surface area contributed by atoms with Crippen LogP contribution in [0.15, 0.2) is 22.7 Å². The van der Waals surface area contributed by atoms with Crippen LogP contribution in [0.3, 0.4) is 0 Å². The van der Waals surface area contributed by atoms with Crippen molar-refractivity contribution in [2.24, 2.45) is 0 Å². The highest BCUT2D eigenvalue weighted by Gasteiger charge is 2.16. The van der Waals surface area contributed by atoms with Gasteiger partial charge in [-0.05, 0) is 23.7 Å². The Bertz CT molecular complexity index is 548. The van der Waals surface area contributed by atoms with E-state index in [9.17, 15) is 4.79 Å². The van der Waals surface area contributed by atoms with Crippen LogP contribution in [0.4, 0.5) is 5.69 Å². The molecule has 2 aromatic rings. The first-order valence-corrected chi connectivity index (χ1v) is 4.52. The van der Waals surface area contributed by atoms with Gasteiger partial charge in [0.25, 0.3) is 11.7 Å². The number of rotatable bonds is 2. The van der Waals surface area contributed by atoms with E-state index in [4.69, 9.17) is 15.4 Å². The van der Waals surface area contributed by atoms with Crippen LogP contribution in [-0.4, -0.2) is 21.2 Å². The van der Waals surface area contributed by atoms with E-state index in [-0.39, 0.29) is 11.7 Å². The molecular formula is C10H9N3O3. The van der Waals surface area contributed by atoms with Crippen LogP contribution in [0.25, 0.3) is 11.5 Å². The fourth-order valence-electron chi connectivity index (χ4n) is 1.29. The zero-order valence-electron chi connectivity index (χ0n) is 8.47. The molecule has 6 heteroatoms. The highest BCUT2D eigenvalue weighted by molar-refractivity contribution is 5.84. The molecular weight excluding hydrogens is 210 g/mol. The Labute approximate surface area is 90.7 Å². The fraction of sp³-hybridized carbons (Fsp3) is 0.100. The van der Waals surface area contributed by atoms with Crippen molar-refractivity contribution in [2.75, 3.05) is 5.73 Å². The molecule has 0 saturated carbocycles. The maximum atomic E-state index is 10.6. The van der Waals surface area contributed by atoms with E-state index in [1.165, 1.54) is 0 Å². The first-order chi connectivity index (χ1) is 7.59. The number of nitrogens with two attached hydrogens (primary N) is 1. The third-order valence-corrected chi connectivity index (χ3v) is 2.17. The van der Waals surface area contributed by atoms with E-state index in [1.54, 1.807) is 12.1 Å². The Kier molecular flexibility index (Phi) is 2.32. The van der Waals surface area contributed by atoms with Gasteiger partial charge < -0.3 is 15.4 Å². The fourth-order valence-corrected chi connectivity index (χ4v) is 1.29. The van der Waals surface area contributed by atoms with Gasteiger partial charge >= 0.3 is 5.97 Å². The lowest BCUT2D eigenvalue weighted by atomic mass is 10.1. The molecule has 1 aromatic carbocycles. The zero-order valence-corrected chi connectivity index (χ0v) is 8.47. The van der Waals surface area contributed by atoms with Gasteiger partial charge in [0, 0.05) is 5.69 Å². The highest BCUT2D eigenvalue weighted by atomic mass is 16.5. The summed E-state index contributed by atoms with van der Waals surface area (Å²) in [5, 5.41) is 12.0. The number of aryl methyl sites for hydroxylation is 1. The molecule has 2 rings (SSSR count). The molecule has 3 N–H and O–H groups in total. The van der Waals surface area contributed by atoms with Crippen molar-refractivity contribution in [1.82, 2.24) is 10.1 Å². The number of hydrogen-bond donors (Lipinski definition) is 2. The van der Waals surface area contributed by atoms with E-state index < -0.39 is 5.97 Å². The van der Waals surface area contributed by atoms with Crippen LogP contribution >= 0.6 is 0 Å². The average Bonchev–Trinajstić information content (AvgIpc) is 2.71. The highest BCUT2D eigenvalue weighted by Crippen LogP contribution is 2.26. The third-order valence-electron chi connectivity index (χ3n) is 2.17. The molecule has 1 aromatic heterocycles. The zero-order chi connectivity index (χ0) is 11.7. The summed E-state index contributed by atoms with van der Waals surface area (Å²) in [5.41, 5.74) is 7.74. The summed E-state index contributed by atoms with van der Waals surface area (Å²) in [7, 11) is 0. The Balaban J connectivity index is 2.50. The van der Waals surface area contributed by atoms with Crippen molar-refractivity contribution in [3.63, 3.8) is 0 Å². The molecule has 0 bridgehead atoms. The molecule has 0 saturated heterocycles. The second kappa shape index (κ2) is 3.65. The topological polar surface area (TPSA) is 102 Å². The minimum absolute atomic E-state index is 0.110. The normalized spacial score (nSPS) is 10.3. The van der Waals surface area contributed by atoms with Gasteiger partial charge in [-0.3, -0.25) is 0 Å². The van der Waals surface area contributed by atoms with Crippen LogP contribution in [0.2, 0.25) is 0 Å². The molecule has 0 amide bonds. The summed E-state index contributed by atoms with van der Waals surface area (Å²) in [6.45, 7) is 1.84. The van der Waals surface area contributed by atoms with Gasteiger partial charge in [-0.2, -0.15) is 4.98 Å². The van der Waals surface area contributed by atoms with Crippen molar-refractivity contribution >= 4 is 11.7 Å². The van der Waals surface area contributed by atoms with Crippen molar-refractivity contribution in [3.05, 3.63) is 29.6 Å². The molecule has 0 fully saturated rings. The number of benzene rings is 1. The van der Waals surface area contributed by atoms with Crippen molar-refractivity contribution in [2.45, 2.75) is 6.92 Å². The number of carbonyl (C=O) groups is 1. The first-order valence-electron chi connectivity index (χ1n) is 4.52. The standard InChI is InChI=1S/C10H9N3O3/c1-5-3-2-4-6(7(5)11)9-12-8(10(14)15)13-16-9/h2-4H,11H2,1H3,(H,14,15). The van der Waals surface area contributed by atoms with Crippen LogP contribution in [0.5, 0.6) is 0 Å². The molecule has 6 nitrogen and oxygen atoms in total. The lowest BCUT2D eigenvalue weighted by molar-refractivity contribution is 0.0680. The molecule has 0 atom stereocenters. The monoisotopic (exact) mass is 219 g/mol. The smallest absolute Gasteiger partial charge is 0.377 e. The van der Waals surface area contributed by atoms with E-state index >= 15 is 0 Å². The maximum absolute atomic E-state index is 10.6. The molecule has 0 aliphatic rings. The van der Waals surface area contributed by atoms with Crippen molar-refractivity contribution in [1.29, 1.82) is 0 Å². The lowest BCUT2D eigenvalue weighted by Crippen LogP contribution is -1.98. The summed E-state index contributed by atoms with van der Waals surface area (Å²) in [5.74, 6) is -1.50. The van der Waals surface area contributed by atoms with Crippen LogP contribution in [-0.2, 0) is 0 Å². The predicted octanol–water partition coefficient (Wildman–Crippen LogP) is 1.33. The number of para-hydroxylation sites is 1. The number of nitrogens with zero attached hydrogens (tertiary/aromatic N) is 2. The molecule has 0 radical (unpaired) electrons. The number of aromatic carboxylic acids is 1. The quantitative estimate of drug-likeness (QED) is 0.738. The van der Waals surface area contributed by atoms with E-state index in [0.29, 0.717) is 11.3 Å². The van der Waals surface area contributed by atoms with Crippen LogP contribution in [0, 0.1) is 6.92 Å². The summed E-state index contributed by atoms with van der Waals surface area (Å²) < 4.78 is 4.83. The van der Waals surface area contributed by atoms with Gasteiger partial charge in [0.15, 0.2) is 0 Å². The number of carboxylic acids is 1. The summed E-state index contributed by atoms with van der Waals surface area (Å²) in [4.78, 5) is 14.3. The number of aromatic nitrogens is 2.